The minimum Gasteiger partial charge on any atom is -0.383 e. The van der Waals surface area contributed by atoms with E-state index in [0.717, 1.165) is 0 Å². The molecular weight excluding hydrogens is 243 g/mol. The molecule has 1 aromatic heterocycles. The van der Waals surface area contributed by atoms with Crippen LogP contribution in [0.1, 0.15) is 5.56 Å². The summed E-state index contributed by atoms with van der Waals surface area (Å²) >= 11 is 5.93. The summed E-state index contributed by atoms with van der Waals surface area (Å²) in [6, 6.07) is 4.04. The van der Waals surface area contributed by atoms with Crippen molar-refractivity contribution < 1.29 is 4.39 Å². The number of hydrogen-bond donors (Lipinski definition) is 1. The normalized spacial score (nSPS) is 11.2. The van der Waals surface area contributed by atoms with Crippen LogP contribution in [0.25, 0.3) is 5.69 Å². The molecular formula is C11H10ClFN4. The maximum Gasteiger partial charge on any atom is 0.136 e. The zero-order chi connectivity index (χ0) is 12.4. The Morgan fingerprint density at radius 2 is 2.29 bits per heavy atom. The average molecular weight is 253 g/mol. The summed E-state index contributed by atoms with van der Waals surface area (Å²) in [4.78, 5) is 3.86. The van der Waals surface area contributed by atoms with Gasteiger partial charge in [0.1, 0.15) is 11.6 Å². The second-order valence-electron chi connectivity index (χ2n) is 3.38. The first kappa shape index (κ1) is 11.6. The van der Waals surface area contributed by atoms with Gasteiger partial charge in [0.15, 0.2) is 0 Å². The van der Waals surface area contributed by atoms with Crippen LogP contribution in [-0.2, 0) is 0 Å². The number of nitrogens with two attached hydrogens (primary N) is 1. The monoisotopic (exact) mass is 252 g/mol. The van der Waals surface area contributed by atoms with Crippen LogP contribution in [0.15, 0.2) is 29.4 Å². The number of halogens is 2. The maximum absolute atomic E-state index is 12.9. The molecule has 2 rings (SSSR count). The van der Waals surface area contributed by atoms with E-state index in [1.807, 2.05) is 0 Å². The highest BCUT2D eigenvalue weighted by Crippen LogP contribution is 2.24. The third kappa shape index (κ3) is 2.14. The minimum absolute atomic E-state index is 0.250. The maximum atomic E-state index is 12.9. The van der Waals surface area contributed by atoms with Gasteiger partial charge >= 0.3 is 0 Å². The predicted octanol–water partition coefficient (Wildman–Crippen LogP) is 2.30. The second-order valence-corrected chi connectivity index (χ2v) is 3.79. The highest BCUT2D eigenvalue weighted by molar-refractivity contribution is 6.32. The molecule has 0 atom stereocenters. The molecule has 0 radical (unpaired) electrons. The van der Waals surface area contributed by atoms with Crippen LogP contribution in [0.3, 0.4) is 0 Å². The average Bonchev–Trinajstić information content (AvgIpc) is 2.62. The molecule has 4 nitrogen and oxygen atoms in total. The summed E-state index contributed by atoms with van der Waals surface area (Å²) < 4.78 is 14.4. The van der Waals surface area contributed by atoms with E-state index in [1.165, 1.54) is 22.9 Å². The third-order valence-electron chi connectivity index (χ3n) is 2.24. The number of aromatic nitrogens is 2. The molecule has 0 spiro atoms. The van der Waals surface area contributed by atoms with Gasteiger partial charge in [-0.1, -0.05) is 11.6 Å². The molecule has 17 heavy (non-hydrogen) atoms. The van der Waals surface area contributed by atoms with E-state index in [9.17, 15) is 4.39 Å². The molecule has 6 heteroatoms. The number of benzene rings is 1. The lowest BCUT2D eigenvalue weighted by Crippen LogP contribution is -2.03. The van der Waals surface area contributed by atoms with E-state index in [4.69, 9.17) is 17.3 Å². The van der Waals surface area contributed by atoms with Crippen molar-refractivity contribution in [3.63, 3.8) is 0 Å². The van der Waals surface area contributed by atoms with Crippen molar-refractivity contribution in [3.05, 3.63) is 40.8 Å². The quantitative estimate of drug-likeness (QED) is 0.834. The third-order valence-corrected chi connectivity index (χ3v) is 2.55. The number of anilines is 1. The van der Waals surface area contributed by atoms with Gasteiger partial charge in [-0.2, -0.15) is 5.10 Å². The van der Waals surface area contributed by atoms with Crippen molar-refractivity contribution in [3.8, 4) is 5.69 Å². The Morgan fingerprint density at radius 1 is 1.53 bits per heavy atom. The lowest BCUT2D eigenvalue weighted by Gasteiger charge is -2.06. The van der Waals surface area contributed by atoms with Gasteiger partial charge in [-0.3, -0.25) is 4.99 Å². The Morgan fingerprint density at radius 3 is 2.94 bits per heavy atom. The first-order valence-corrected chi connectivity index (χ1v) is 5.22. The van der Waals surface area contributed by atoms with Crippen LogP contribution < -0.4 is 5.73 Å². The summed E-state index contributed by atoms with van der Waals surface area (Å²) in [7, 11) is 1.64. The zero-order valence-corrected chi connectivity index (χ0v) is 9.82. The van der Waals surface area contributed by atoms with Crippen molar-refractivity contribution in [2.75, 3.05) is 12.8 Å². The van der Waals surface area contributed by atoms with Crippen molar-refractivity contribution in [2.24, 2.45) is 4.99 Å². The van der Waals surface area contributed by atoms with Crippen LogP contribution in [0.2, 0.25) is 5.02 Å². The lowest BCUT2D eigenvalue weighted by molar-refractivity contribution is 0.627. The fraction of sp³-hybridized carbons (Fsp3) is 0.0909. The molecule has 2 N–H and O–H groups in total. The zero-order valence-electron chi connectivity index (χ0n) is 9.06. The van der Waals surface area contributed by atoms with E-state index >= 15 is 0 Å². The summed E-state index contributed by atoms with van der Waals surface area (Å²) in [5, 5.41) is 4.34. The highest BCUT2D eigenvalue weighted by Gasteiger charge is 2.10. The molecule has 0 bridgehead atoms. The molecule has 0 amide bonds. The topological polar surface area (TPSA) is 56.2 Å². The van der Waals surface area contributed by atoms with Crippen LogP contribution >= 0.6 is 11.6 Å². The summed E-state index contributed by atoms with van der Waals surface area (Å²) in [5.41, 5.74) is 7.10. The van der Waals surface area contributed by atoms with Crippen LogP contribution in [0, 0.1) is 5.82 Å². The van der Waals surface area contributed by atoms with Crippen molar-refractivity contribution >= 4 is 23.6 Å². The van der Waals surface area contributed by atoms with Crippen LogP contribution in [0.5, 0.6) is 0 Å². The summed E-state index contributed by atoms with van der Waals surface area (Å²) in [6.45, 7) is 0. The SMILES string of the molecule is CN=Cc1cnn(-c2ccc(F)cc2Cl)c1N. The minimum atomic E-state index is -0.403. The molecule has 0 saturated heterocycles. The van der Waals surface area contributed by atoms with E-state index in [2.05, 4.69) is 10.1 Å². The van der Waals surface area contributed by atoms with Crippen LogP contribution in [-0.4, -0.2) is 23.0 Å². The van der Waals surface area contributed by atoms with E-state index in [1.54, 1.807) is 19.5 Å². The molecule has 0 aliphatic rings. The van der Waals surface area contributed by atoms with Crippen molar-refractivity contribution in [1.29, 1.82) is 0 Å². The van der Waals surface area contributed by atoms with E-state index < -0.39 is 5.82 Å². The molecule has 0 aliphatic heterocycles. The molecule has 1 heterocycles. The Hall–Kier alpha value is -1.88. The van der Waals surface area contributed by atoms with Gasteiger partial charge < -0.3 is 5.73 Å². The van der Waals surface area contributed by atoms with E-state index in [-0.39, 0.29) is 5.02 Å². The number of nitrogens with zero attached hydrogens (tertiary/aromatic N) is 3. The molecule has 0 fully saturated rings. The summed E-state index contributed by atoms with van der Waals surface area (Å²) in [6.07, 6.45) is 3.16. The Balaban J connectivity index is 2.53. The van der Waals surface area contributed by atoms with Gasteiger partial charge in [-0.25, -0.2) is 9.07 Å². The predicted molar refractivity (Wildman–Crippen MR) is 66.5 cm³/mol. The fourth-order valence-corrected chi connectivity index (χ4v) is 1.70. The van der Waals surface area contributed by atoms with Gasteiger partial charge in [-0.05, 0) is 18.2 Å². The number of nitrogen functional groups attached to an aromatic ring is 1. The second kappa shape index (κ2) is 4.55. The fourth-order valence-electron chi connectivity index (χ4n) is 1.45. The van der Waals surface area contributed by atoms with Gasteiger partial charge in [-0.15, -0.1) is 0 Å². The smallest absolute Gasteiger partial charge is 0.136 e. The number of hydrogen-bond acceptors (Lipinski definition) is 3. The Kier molecular flexibility index (Phi) is 3.10. The van der Waals surface area contributed by atoms with Gasteiger partial charge in [0.2, 0.25) is 0 Å². The van der Waals surface area contributed by atoms with Gasteiger partial charge in [0.05, 0.1) is 22.5 Å². The van der Waals surface area contributed by atoms with Crippen LogP contribution in [0.4, 0.5) is 10.2 Å². The molecule has 88 valence electrons. The molecule has 1 aromatic carbocycles. The lowest BCUT2D eigenvalue weighted by atomic mass is 10.3. The highest BCUT2D eigenvalue weighted by atomic mass is 35.5. The largest absolute Gasteiger partial charge is 0.383 e. The van der Waals surface area contributed by atoms with Crippen molar-refractivity contribution in [1.82, 2.24) is 9.78 Å². The molecule has 0 aliphatic carbocycles. The van der Waals surface area contributed by atoms with Crippen molar-refractivity contribution in [2.45, 2.75) is 0 Å². The first-order chi connectivity index (χ1) is 8.13. The van der Waals surface area contributed by atoms with Gasteiger partial charge in [0.25, 0.3) is 0 Å². The molecule has 0 unspecified atom stereocenters. The molecule has 0 saturated carbocycles. The Labute approximate surface area is 103 Å². The number of rotatable bonds is 2. The standard InChI is InChI=1S/C11H10ClFN4/c1-15-5-7-6-16-17(11(7)14)10-3-2-8(13)4-9(10)12/h2-6H,14H2,1H3. The van der Waals surface area contributed by atoms with Gasteiger partial charge in [0, 0.05) is 13.3 Å². The van der Waals surface area contributed by atoms with E-state index in [0.29, 0.717) is 17.1 Å². The first-order valence-electron chi connectivity index (χ1n) is 4.84. The number of aliphatic imine (C=N–C) groups is 1. The summed E-state index contributed by atoms with van der Waals surface area (Å²) in [5.74, 6) is 0.00364. The Bertz CT molecular complexity index is 577. The molecule has 2 aromatic rings.